The summed E-state index contributed by atoms with van der Waals surface area (Å²) in [6, 6.07) is 3.28. The molecule has 18 nitrogen and oxygen atoms in total. The van der Waals surface area contributed by atoms with Crippen LogP contribution in [0.5, 0.6) is 5.75 Å². The number of hydrogen-bond acceptors (Lipinski definition) is 13. The van der Waals surface area contributed by atoms with Gasteiger partial charge in [0.05, 0.1) is 23.3 Å². The van der Waals surface area contributed by atoms with Crippen molar-refractivity contribution in [2.24, 2.45) is 11.3 Å². The number of carbonyl (C=O) groups is 5. The fourth-order valence-electron chi connectivity index (χ4n) is 4.96. The molecule has 1 aromatic rings. The van der Waals surface area contributed by atoms with Gasteiger partial charge < -0.3 is 65.7 Å². The highest BCUT2D eigenvalue weighted by Gasteiger charge is 2.48. The molecule has 0 aliphatic carbocycles. The molecule has 1 fully saturated rings. The average Bonchev–Trinajstić information content (AvgIpc) is 3.09. The number of rotatable bonds is 21. The fraction of sp³-hybridized carbons (Fsp3) is 0.649. The van der Waals surface area contributed by atoms with E-state index in [2.05, 4.69) is 32.6 Å². The first-order valence-corrected chi connectivity index (χ1v) is 18.0. The van der Waals surface area contributed by atoms with Gasteiger partial charge in [0, 0.05) is 25.2 Å². The standard InChI is InChI=1S/C37H58N4O14/c1-20(2)21(3)40-23(11-9-10-15-39-34(49)37(7,8)19-53-36(4,5)6)31(46)38-16-14-26(42)41-24-17-22(18-52-35(50)51)12-13-25(24)54-33-29(45)27(43)28(44)30(55-33)32(47)48/h12-13,17,20,23,27-30,33,40,43-45H,3,9-11,14-16,18-19H2,1-2,4-8H3,(H,38,46)(H,39,49)(H,41,42)(H,47,48)(H,50,51)/t23-,27?,28-,29+,30?,33?/m0/s1. The second-order valence-corrected chi connectivity index (χ2v) is 15.2. The number of ether oxygens (including phenoxy) is 4. The van der Waals surface area contributed by atoms with Gasteiger partial charge in [-0.1, -0.05) is 26.5 Å². The summed E-state index contributed by atoms with van der Waals surface area (Å²) in [5.74, 6) is -2.89. The molecule has 6 atom stereocenters. The zero-order valence-electron chi connectivity index (χ0n) is 32.5. The van der Waals surface area contributed by atoms with Crippen LogP contribution < -0.4 is 26.0 Å². The Bertz CT molecular complexity index is 1490. The minimum atomic E-state index is -1.96. The smallest absolute Gasteiger partial charge is 0.479 e. The van der Waals surface area contributed by atoms with Gasteiger partial charge in [-0.3, -0.25) is 14.4 Å². The van der Waals surface area contributed by atoms with Gasteiger partial charge in [0.2, 0.25) is 24.0 Å². The highest BCUT2D eigenvalue weighted by Crippen LogP contribution is 2.31. The zero-order valence-corrected chi connectivity index (χ0v) is 32.5. The lowest BCUT2D eigenvalue weighted by Crippen LogP contribution is -2.61. The topological polar surface area (TPSA) is 272 Å². The van der Waals surface area contributed by atoms with Gasteiger partial charge in [0.15, 0.2) is 6.10 Å². The van der Waals surface area contributed by atoms with E-state index in [0.29, 0.717) is 31.5 Å². The minimum absolute atomic E-state index is 0.0365. The monoisotopic (exact) mass is 782 g/mol. The van der Waals surface area contributed by atoms with Crippen LogP contribution in [0.4, 0.5) is 10.5 Å². The molecule has 0 radical (unpaired) electrons. The maximum absolute atomic E-state index is 13.3. The molecule has 1 aliphatic heterocycles. The SMILES string of the molecule is C=C(N[C@@H](CCCCNC(=O)C(C)(C)COC(C)(C)C)C(=O)NCCC(=O)Nc1cc(COC(=O)O)ccc1OC1OC(C(=O)O)[C@@H](O)C(O)[C@H]1O)C(C)C. The molecule has 0 saturated carbocycles. The van der Waals surface area contributed by atoms with Gasteiger partial charge in [0.1, 0.15) is 36.7 Å². The van der Waals surface area contributed by atoms with E-state index < -0.39 is 66.8 Å². The number of benzene rings is 1. The van der Waals surface area contributed by atoms with Crippen LogP contribution in [-0.2, 0) is 40.0 Å². The van der Waals surface area contributed by atoms with Gasteiger partial charge in [-0.15, -0.1) is 0 Å². The van der Waals surface area contributed by atoms with Crippen LogP contribution in [0.1, 0.15) is 79.7 Å². The first kappa shape index (κ1) is 46.7. The Morgan fingerprint density at radius 1 is 0.927 bits per heavy atom. The highest BCUT2D eigenvalue weighted by atomic mass is 16.7. The molecular formula is C37H58N4O14. The van der Waals surface area contributed by atoms with Crippen molar-refractivity contribution in [3.05, 3.63) is 36.0 Å². The molecule has 9 N–H and O–H groups in total. The number of anilines is 1. The van der Waals surface area contributed by atoms with Gasteiger partial charge in [0.25, 0.3) is 0 Å². The molecule has 1 aromatic carbocycles. The molecule has 2 rings (SSSR count). The van der Waals surface area contributed by atoms with Crippen LogP contribution in [0.3, 0.4) is 0 Å². The molecule has 3 amide bonds. The maximum Gasteiger partial charge on any atom is 0.506 e. The number of nitrogens with one attached hydrogen (secondary N) is 4. The van der Waals surface area contributed by atoms with Crippen molar-refractivity contribution < 1.29 is 68.5 Å². The van der Waals surface area contributed by atoms with Crippen molar-refractivity contribution in [1.29, 1.82) is 0 Å². The summed E-state index contributed by atoms with van der Waals surface area (Å²) in [5.41, 5.74) is -0.235. The molecular weight excluding hydrogens is 724 g/mol. The average molecular weight is 783 g/mol. The van der Waals surface area contributed by atoms with Crippen molar-refractivity contribution in [2.45, 2.75) is 123 Å². The van der Waals surface area contributed by atoms with Gasteiger partial charge >= 0.3 is 12.1 Å². The van der Waals surface area contributed by atoms with Gasteiger partial charge in [-0.25, -0.2) is 9.59 Å². The lowest BCUT2D eigenvalue weighted by molar-refractivity contribution is -0.271. The van der Waals surface area contributed by atoms with Crippen LogP contribution in [0.15, 0.2) is 30.5 Å². The Kier molecular flexibility index (Phi) is 17.8. The Morgan fingerprint density at radius 3 is 2.20 bits per heavy atom. The molecule has 310 valence electrons. The van der Waals surface area contributed by atoms with E-state index in [0.717, 1.165) is 0 Å². The van der Waals surface area contributed by atoms with Crippen molar-refractivity contribution in [2.75, 3.05) is 25.0 Å². The van der Waals surface area contributed by atoms with Crippen molar-refractivity contribution in [3.63, 3.8) is 0 Å². The van der Waals surface area contributed by atoms with Crippen LogP contribution in [0.2, 0.25) is 0 Å². The second kappa shape index (κ2) is 21.0. The molecule has 0 aromatic heterocycles. The third-order valence-electron chi connectivity index (χ3n) is 8.45. The van der Waals surface area contributed by atoms with E-state index in [1.807, 2.05) is 48.5 Å². The summed E-state index contributed by atoms with van der Waals surface area (Å²) in [5, 5.41) is 60.3. The van der Waals surface area contributed by atoms with Crippen LogP contribution >= 0.6 is 0 Å². The Hall–Kier alpha value is -4.49. The molecule has 18 heteroatoms. The molecule has 1 aliphatic rings. The summed E-state index contributed by atoms with van der Waals surface area (Å²) in [4.78, 5) is 61.6. The normalized spacial score (nSPS) is 20.5. The molecule has 0 bridgehead atoms. The van der Waals surface area contributed by atoms with Gasteiger partial charge in [-0.05, 0) is 77.5 Å². The third kappa shape index (κ3) is 15.6. The summed E-state index contributed by atoms with van der Waals surface area (Å²) >= 11 is 0. The summed E-state index contributed by atoms with van der Waals surface area (Å²) in [6.45, 7) is 17.4. The van der Waals surface area contributed by atoms with E-state index in [4.69, 9.17) is 19.3 Å². The fourth-order valence-corrected chi connectivity index (χ4v) is 4.96. The van der Waals surface area contributed by atoms with Crippen LogP contribution in [-0.4, -0.2) is 117 Å². The highest BCUT2D eigenvalue weighted by molar-refractivity contribution is 5.93. The number of aliphatic carboxylic acids is 1. The summed E-state index contributed by atoms with van der Waals surface area (Å²) in [6.07, 6.45) is -9.72. The Morgan fingerprint density at radius 2 is 1.60 bits per heavy atom. The number of carboxylic acid groups (broad SMARTS) is 2. The van der Waals surface area contributed by atoms with E-state index in [9.17, 15) is 44.4 Å². The zero-order chi connectivity index (χ0) is 41.7. The molecule has 55 heavy (non-hydrogen) atoms. The predicted molar refractivity (Wildman–Crippen MR) is 198 cm³/mol. The number of carbonyl (C=O) groups excluding carboxylic acids is 3. The Labute approximate surface area is 320 Å². The maximum atomic E-state index is 13.3. The predicted octanol–water partition coefficient (Wildman–Crippen LogP) is 1.85. The van der Waals surface area contributed by atoms with E-state index in [1.165, 1.54) is 18.2 Å². The summed E-state index contributed by atoms with van der Waals surface area (Å²) < 4.78 is 21.2. The first-order valence-electron chi connectivity index (χ1n) is 18.0. The number of carboxylic acids is 1. The van der Waals surface area contributed by atoms with E-state index in [-0.39, 0.29) is 59.9 Å². The van der Waals surface area contributed by atoms with E-state index >= 15 is 0 Å². The number of allylic oxidation sites excluding steroid dienone is 1. The lowest BCUT2D eigenvalue weighted by atomic mass is 9.93. The summed E-state index contributed by atoms with van der Waals surface area (Å²) in [7, 11) is 0. The molecule has 0 spiro atoms. The second-order valence-electron chi connectivity index (χ2n) is 15.2. The number of unbranched alkanes of at least 4 members (excludes halogenated alkanes) is 1. The number of aliphatic hydroxyl groups excluding tert-OH is 3. The van der Waals surface area contributed by atoms with Crippen LogP contribution in [0, 0.1) is 11.3 Å². The number of hydrogen-bond donors (Lipinski definition) is 9. The largest absolute Gasteiger partial charge is 0.506 e. The molecule has 3 unspecified atom stereocenters. The first-order chi connectivity index (χ1) is 25.5. The Balaban J connectivity index is 2.04. The van der Waals surface area contributed by atoms with Crippen molar-refractivity contribution >= 4 is 35.5 Å². The van der Waals surface area contributed by atoms with Crippen molar-refractivity contribution in [1.82, 2.24) is 16.0 Å². The van der Waals surface area contributed by atoms with Crippen molar-refractivity contribution in [3.8, 4) is 5.75 Å². The third-order valence-corrected chi connectivity index (χ3v) is 8.45. The quantitative estimate of drug-likeness (QED) is 0.0636. The van der Waals surface area contributed by atoms with Crippen LogP contribution in [0.25, 0.3) is 0 Å². The van der Waals surface area contributed by atoms with Gasteiger partial charge in [-0.2, -0.15) is 0 Å². The minimum Gasteiger partial charge on any atom is -0.479 e. The lowest BCUT2D eigenvalue weighted by Gasteiger charge is -2.38. The number of amides is 3. The van der Waals surface area contributed by atoms with E-state index in [1.54, 1.807) is 0 Å². The molecule has 1 saturated heterocycles. The molecule has 1 heterocycles. The number of aliphatic hydroxyl groups is 3.